The number of hydrogen-bond acceptors (Lipinski definition) is 4. The van der Waals surface area contributed by atoms with Gasteiger partial charge in [0.15, 0.2) is 10.8 Å². The molecule has 0 saturated heterocycles. The molecular formula is C29H29ClN4O5. The smallest absolute Gasteiger partial charge is 0.355 e. The van der Waals surface area contributed by atoms with Gasteiger partial charge in [0.05, 0.1) is 0 Å². The number of nitrogens with one attached hydrogen (secondary N) is 1. The molecule has 3 N–H and O–H groups in total. The van der Waals surface area contributed by atoms with Crippen molar-refractivity contribution in [2.24, 2.45) is 0 Å². The van der Waals surface area contributed by atoms with Gasteiger partial charge in [0, 0.05) is 31.3 Å². The highest BCUT2D eigenvalue weighted by Gasteiger charge is 2.25. The lowest BCUT2D eigenvalue weighted by molar-refractivity contribution is -0.119. The zero-order valence-electron chi connectivity index (χ0n) is 21.4. The van der Waals surface area contributed by atoms with E-state index < -0.39 is 18.0 Å². The largest absolute Gasteiger partial charge is 0.477 e. The van der Waals surface area contributed by atoms with Crippen LogP contribution in [-0.4, -0.2) is 42.2 Å². The Hall–Kier alpha value is -4.37. The van der Waals surface area contributed by atoms with Crippen molar-refractivity contribution in [2.75, 3.05) is 5.32 Å². The maximum atomic E-state index is 13.4. The zero-order chi connectivity index (χ0) is 27.9. The van der Waals surface area contributed by atoms with E-state index in [0.29, 0.717) is 24.4 Å². The van der Waals surface area contributed by atoms with Crippen LogP contribution in [0.1, 0.15) is 63.7 Å². The van der Waals surface area contributed by atoms with E-state index in [1.807, 2.05) is 37.3 Å². The van der Waals surface area contributed by atoms with Crippen LogP contribution < -0.4 is 5.32 Å². The molecule has 202 valence electrons. The van der Waals surface area contributed by atoms with Gasteiger partial charge in [0.1, 0.15) is 17.6 Å². The standard InChI is InChI=1S/C29H29ClN4O5/c1-2-3-11-24-32-26(30)25(29(38)39)34(24)18-20-12-14-21(15-13-20)31-27(35)23(17-19-8-5-4-6-9-19)33-16-7-10-22(33)28(36)37/h4-10,12-16,23H,2-3,11,17-18H2,1H3,(H,31,35)(H,36,37)(H,38,39)/t23-/m0/s1. The maximum Gasteiger partial charge on any atom is 0.355 e. The number of benzene rings is 2. The first-order valence-electron chi connectivity index (χ1n) is 12.6. The molecule has 4 rings (SSSR count). The lowest BCUT2D eigenvalue weighted by atomic mass is 10.0. The van der Waals surface area contributed by atoms with Crippen LogP contribution in [-0.2, 0) is 24.2 Å². The van der Waals surface area contributed by atoms with Crippen LogP contribution in [0.3, 0.4) is 0 Å². The molecule has 1 atom stereocenters. The van der Waals surface area contributed by atoms with Gasteiger partial charge in [-0.15, -0.1) is 0 Å². The molecule has 0 aliphatic heterocycles. The number of unbranched alkanes of at least 4 members (excludes halogenated alkanes) is 1. The van der Waals surface area contributed by atoms with Crippen LogP contribution in [0, 0.1) is 0 Å². The molecule has 10 heteroatoms. The first kappa shape index (κ1) is 27.7. The van der Waals surface area contributed by atoms with Gasteiger partial charge in [-0.05, 0) is 41.8 Å². The third-order valence-electron chi connectivity index (χ3n) is 6.43. The fourth-order valence-corrected chi connectivity index (χ4v) is 4.75. The Morgan fingerprint density at radius 3 is 2.31 bits per heavy atom. The van der Waals surface area contributed by atoms with Crippen LogP contribution in [0.4, 0.5) is 5.69 Å². The molecule has 2 aromatic heterocycles. The molecule has 0 bridgehead atoms. The highest BCUT2D eigenvalue weighted by Crippen LogP contribution is 2.23. The monoisotopic (exact) mass is 548 g/mol. The number of carboxylic acids is 2. The number of nitrogens with zero attached hydrogens (tertiary/aromatic N) is 3. The Balaban J connectivity index is 1.55. The second-order valence-corrected chi connectivity index (χ2v) is 9.52. The first-order chi connectivity index (χ1) is 18.8. The molecule has 2 aromatic carbocycles. The molecule has 4 aromatic rings. The lowest BCUT2D eigenvalue weighted by Crippen LogP contribution is -2.29. The number of halogens is 1. The first-order valence-corrected chi connectivity index (χ1v) is 13.0. The van der Waals surface area contributed by atoms with Gasteiger partial charge in [0.2, 0.25) is 5.91 Å². The molecule has 0 aliphatic carbocycles. The molecule has 0 aliphatic rings. The molecule has 0 radical (unpaired) electrons. The summed E-state index contributed by atoms with van der Waals surface area (Å²) >= 11 is 6.13. The number of carboxylic acid groups (broad SMARTS) is 2. The summed E-state index contributed by atoms with van der Waals surface area (Å²) < 4.78 is 3.08. The van der Waals surface area contributed by atoms with Crippen LogP contribution in [0.2, 0.25) is 5.15 Å². The van der Waals surface area contributed by atoms with E-state index in [-0.39, 0.29) is 29.0 Å². The van der Waals surface area contributed by atoms with Gasteiger partial charge in [0.25, 0.3) is 0 Å². The Morgan fingerprint density at radius 2 is 1.67 bits per heavy atom. The predicted octanol–water partition coefficient (Wildman–Crippen LogP) is 5.55. The average Bonchev–Trinajstić information content (AvgIpc) is 3.52. The van der Waals surface area contributed by atoms with Gasteiger partial charge in [-0.2, -0.15) is 0 Å². The summed E-state index contributed by atoms with van der Waals surface area (Å²) in [5.41, 5.74) is 2.20. The third kappa shape index (κ3) is 6.56. The molecule has 0 spiro atoms. The molecule has 39 heavy (non-hydrogen) atoms. The van der Waals surface area contributed by atoms with E-state index in [4.69, 9.17) is 11.6 Å². The van der Waals surface area contributed by atoms with E-state index >= 15 is 0 Å². The van der Waals surface area contributed by atoms with Crippen molar-refractivity contribution in [3.63, 3.8) is 0 Å². The molecule has 9 nitrogen and oxygen atoms in total. The summed E-state index contributed by atoms with van der Waals surface area (Å²) in [4.78, 5) is 41.3. The van der Waals surface area contributed by atoms with E-state index in [0.717, 1.165) is 24.0 Å². The normalized spacial score (nSPS) is 11.7. The number of imidazole rings is 1. The van der Waals surface area contributed by atoms with Crippen LogP contribution >= 0.6 is 11.6 Å². The van der Waals surface area contributed by atoms with Crippen molar-refractivity contribution in [1.29, 1.82) is 0 Å². The Bertz CT molecular complexity index is 1460. The van der Waals surface area contributed by atoms with Gasteiger partial charge in [-0.1, -0.05) is 67.4 Å². The van der Waals surface area contributed by atoms with Gasteiger partial charge < -0.3 is 24.7 Å². The highest BCUT2D eigenvalue weighted by atomic mass is 35.5. The van der Waals surface area contributed by atoms with Crippen LogP contribution in [0.15, 0.2) is 72.9 Å². The summed E-state index contributed by atoms with van der Waals surface area (Å²) in [6.07, 6.45) is 4.29. The molecule has 0 saturated carbocycles. The van der Waals surface area contributed by atoms with Crippen molar-refractivity contribution in [3.05, 3.63) is 106 Å². The topological polar surface area (TPSA) is 126 Å². The summed E-state index contributed by atoms with van der Waals surface area (Å²) in [5, 5.41) is 22.1. The minimum atomic E-state index is -1.14. The average molecular weight is 549 g/mol. The number of amides is 1. The van der Waals surface area contributed by atoms with Crippen molar-refractivity contribution in [3.8, 4) is 0 Å². The maximum absolute atomic E-state index is 13.4. The van der Waals surface area contributed by atoms with E-state index in [9.17, 15) is 24.6 Å². The number of aromatic carboxylic acids is 2. The van der Waals surface area contributed by atoms with Crippen molar-refractivity contribution in [1.82, 2.24) is 14.1 Å². The molecule has 0 fully saturated rings. The molecule has 2 heterocycles. The second-order valence-electron chi connectivity index (χ2n) is 9.16. The molecule has 0 unspecified atom stereocenters. The van der Waals surface area contributed by atoms with Crippen molar-refractivity contribution < 1.29 is 24.6 Å². The van der Waals surface area contributed by atoms with E-state index in [1.165, 1.54) is 10.6 Å². The fourth-order valence-electron chi connectivity index (χ4n) is 4.47. The molecular weight excluding hydrogens is 520 g/mol. The summed E-state index contributed by atoms with van der Waals surface area (Å²) in [6, 6.07) is 18.7. The minimum absolute atomic E-state index is 0.0218. The van der Waals surface area contributed by atoms with E-state index in [2.05, 4.69) is 10.3 Å². The number of rotatable bonds is 12. The summed E-state index contributed by atoms with van der Waals surface area (Å²) in [6.45, 7) is 2.31. The number of carbonyl (C=O) groups is 3. The molecule has 1 amide bonds. The highest BCUT2D eigenvalue weighted by molar-refractivity contribution is 6.32. The van der Waals surface area contributed by atoms with Crippen LogP contribution in [0.5, 0.6) is 0 Å². The minimum Gasteiger partial charge on any atom is -0.477 e. The van der Waals surface area contributed by atoms with Gasteiger partial charge >= 0.3 is 11.9 Å². The number of carbonyl (C=O) groups excluding carboxylic acids is 1. The number of aromatic nitrogens is 3. The second kappa shape index (κ2) is 12.4. The third-order valence-corrected chi connectivity index (χ3v) is 6.69. The quantitative estimate of drug-likeness (QED) is 0.213. The number of hydrogen-bond donors (Lipinski definition) is 3. The van der Waals surface area contributed by atoms with Crippen molar-refractivity contribution in [2.45, 2.75) is 45.2 Å². The summed E-state index contributed by atoms with van der Waals surface area (Å²) in [5.74, 6) is -2.01. The number of anilines is 1. The van der Waals surface area contributed by atoms with Gasteiger partial charge in [-0.3, -0.25) is 4.79 Å². The predicted molar refractivity (Wildman–Crippen MR) is 148 cm³/mol. The Morgan fingerprint density at radius 1 is 0.949 bits per heavy atom. The zero-order valence-corrected chi connectivity index (χ0v) is 22.1. The van der Waals surface area contributed by atoms with Crippen molar-refractivity contribution >= 4 is 35.1 Å². The number of aryl methyl sites for hydroxylation is 1. The SMILES string of the molecule is CCCCc1nc(Cl)c(C(=O)O)n1Cc1ccc(NC(=O)[C@H](Cc2ccccc2)n2cccc2C(=O)O)cc1. The van der Waals surface area contributed by atoms with Crippen LogP contribution in [0.25, 0.3) is 0 Å². The van der Waals surface area contributed by atoms with E-state index in [1.54, 1.807) is 41.1 Å². The Kier molecular flexibility index (Phi) is 8.83. The fraction of sp³-hybridized carbons (Fsp3) is 0.241. The Labute approximate surface area is 230 Å². The van der Waals surface area contributed by atoms with Gasteiger partial charge in [-0.25, -0.2) is 14.6 Å². The summed E-state index contributed by atoms with van der Waals surface area (Å²) in [7, 11) is 0. The lowest BCUT2D eigenvalue weighted by Gasteiger charge is -2.20.